The molecule has 1 saturated carbocycles. The zero-order chi connectivity index (χ0) is 15.5. The van der Waals surface area contributed by atoms with E-state index in [0.717, 1.165) is 45.1 Å². The number of hydrogen-bond donors (Lipinski definition) is 1. The Bertz CT molecular complexity index is 550. The van der Waals surface area contributed by atoms with Crippen LogP contribution < -0.4 is 5.32 Å². The molecule has 5 nitrogen and oxygen atoms in total. The fraction of sp³-hybridized carbons (Fsp3) is 0.625. The number of benzene rings is 1. The summed E-state index contributed by atoms with van der Waals surface area (Å²) < 4.78 is 13.5. The summed E-state index contributed by atoms with van der Waals surface area (Å²) in [6, 6.07) is 4.08. The van der Waals surface area contributed by atoms with Gasteiger partial charge in [0.15, 0.2) is 0 Å². The number of hydrogen-bond acceptors (Lipinski definition) is 4. The molecule has 2 aliphatic rings. The van der Waals surface area contributed by atoms with Crippen LogP contribution in [0.1, 0.15) is 37.3 Å². The second kappa shape index (κ2) is 9.51. The van der Waals surface area contributed by atoms with Crippen LogP contribution in [0, 0.1) is 21.8 Å². The zero-order valence-corrected chi connectivity index (χ0v) is 15.1. The molecule has 1 N–H and O–H groups in total. The van der Waals surface area contributed by atoms with Crippen molar-refractivity contribution in [1.82, 2.24) is 10.2 Å². The number of halogens is 3. The third-order valence-corrected chi connectivity index (χ3v) is 4.90. The molecule has 0 radical (unpaired) electrons. The van der Waals surface area contributed by atoms with Crippen molar-refractivity contribution in [3.05, 3.63) is 39.7 Å². The van der Waals surface area contributed by atoms with E-state index in [-0.39, 0.29) is 36.5 Å². The van der Waals surface area contributed by atoms with E-state index in [1.807, 2.05) is 0 Å². The molecule has 0 bridgehead atoms. The van der Waals surface area contributed by atoms with Gasteiger partial charge in [-0.1, -0.05) is 12.8 Å². The summed E-state index contributed by atoms with van der Waals surface area (Å²) in [6.07, 6.45) is 4.57. The first kappa shape index (κ1) is 21.1. The minimum Gasteiger partial charge on any atom is -0.314 e. The van der Waals surface area contributed by atoms with Crippen LogP contribution in [0.2, 0.25) is 0 Å². The predicted octanol–water partition coefficient (Wildman–Crippen LogP) is 3.71. The molecular weight excluding hydrogens is 356 g/mol. The van der Waals surface area contributed by atoms with E-state index in [1.165, 1.54) is 18.9 Å². The van der Waals surface area contributed by atoms with Gasteiger partial charge in [0.25, 0.3) is 5.69 Å². The molecule has 3 rings (SSSR count). The van der Waals surface area contributed by atoms with E-state index in [2.05, 4.69) is 10.2 Å². The quantitative estimate of drug-likeness (QED) is 0.639. The van der Waals surface area contributed by atoms with Crippen LogP contribution in [0.5, 0.6) is 0 Å². The van der Waals surface area contributed by atoms with Gasteiger partial charge in [-0.25, -0.2) is 4.39 Å². The summed E-state index contributed by atoms with van der Waals surface area (Å²) in [4.78, 5) is 13.3. The number of piperazine rings is 1. The van der Waals surface area contributed by atoms with Crippen molar-refractivity contribution in [1.29, 1.82) is 0 Å². The average molecular weight is 380 g/mol. The van der Waals surface area contributed by atoms with Crippen LogP contribution in [-0.4, -0.2) is 36.0 Å². The fourth-order valence-electron chi connectivity index (χ4n) is 3.91. The van der Waals surface area contributed by atoms with Gasteiger partial charge in [0.05, 0.1) is 11.0 Å². The Balaban J connectivity index is 0.00000144. The van der Waals surface area contributed by atoms with E-state index >= 15 is 0 Å². The zero-order valence-electron chi connectivity index (χ0n) is 13.4. The van der Waals surface area contributed by atoms with Crippen LogP contribution >= 0.6 is 24.8 Å². The maximum Gasteiger partial charge on any atom is 0.277 e. The molecule has 1 aromatic rings. The largest absolute Gasteiger partial charge is 0.314 e. The normalized spacial score (nSPS) is 20.0. The summed E-state index contributed by atoms with van der Waals surface area (Å²) in [7, 11) is 0. The second-order valence-corrected chi connectivity index (χ2v) is 6.24. The van der Waals surface area contributed by atoms with Crippen LogP contribution in [0.25, 0.3) is 0 Å². The molecule has 0 spiro atoms. The fourth-order valence-corrected chi connectivity index (χ4v) is 3.91. The van der Waals surface area contributed by atoms with Crippen molar-refractivity contribution >= 4 is 30.5 Å². The van der Waals surface area contributed by atoms with E-state index in [1.54, 1.807) is 6.07 Å². The van der Waals surface area contributed by atoms with E-state index in [0.29, 0.717) is 11.5 Å². The molecule has 0 amide bonds. The number of nitro benzene ring substituents is 1. The van der Waals surface area contributed by atoms with E-state index in [9.17, 15) is 14.5 Å². The van der Waals surface area contributed by atoms with Crippen LogP contribution in [0.4, 0.5) is 10.1 Å². The Morgan fingerprint density at radius 1 is 1.21 bits per heavy atom. The predicted molar refractivity (Wildman–Crippen MR) is 96.7 cm³/mol. The van der Waals surface area contributed by atoms with Gasteiger partial charge in [-0.15, -0.1) is 24.8 Å². The highest BCUT2D eigenvalue weighted by atomic mass is 35.5. The molecular formula is C16H24Cl2FN3O2. The highest BCUT2D eigenvalue weighted by Gasteiger charge is 2.35. The Morgan fingerprint density at radius 2 is 1.83 bits per heavy atom. The van der Waals surface area contributed by atoms with Gasteiger partial charge in [0, 0.05) is 37.8 Å². The van der Waals surface area contributed by atoms with Crippen molar-refractivity contribution in [3.8, 4) is 0 Å². The van der Waals surface area contributed by atoms with E-state index < -0.39 is 10.7 Å². The Kier molecular flexibility index (Phi) is 8.36. The Labute approximate surface area is 154 Å². The lowest BCUT2D eigenvalue weighted by molar-refractivity contribution is -0.386. The molecule has 8 heteroatoms. The maximum absolute atomic E-state index is 13.5. The Morgan fingerprint density at radius 3 is 2.42 bits per heavy atom. The lowest BCUT2D eigenvalue weighted by atomic mass is 9.88. The van der Waals surface area contributed by atoms with Crippen molar-refractivity contribution in [3.63, 3.8) is 0 Å². The molecule has 1 atom stereocenters. The first-order valence-electron chi connectivity index (χ1n) is 8.05. The number of nitrogens with zero attached hydrogens (tertiary/aromatic N) is 2. The molecule has 24 heavy (non-hydrogen) atoms. The van der Waals surface area contributed by atoms with Crippen LogP contribution in [-0.2, 0) is 0 Å². The molecule has 2 fully saturated rings. The average Bonchev–Trinajstić information content (AvgIpc) is 3.04. The van der Waals surface area contributed by atoms with Gasteiger partial charge >= 0.3 is 0 Å². The van der Waals surface area contributed by atoms with Crippen LogP contribution in [0.15, 0.2) is 18.2 Å². The second-order valence-electron chi connectivity index (χ2n) is 6.24. The first-order valence-corrected chi connectivity index (χ1v) is 8.05. The standard InChI is InChI=1S/C16H22FN3O2.2ClH/c17-13-5-6-14(15(11-13)20(21)22)16(12-3-1-2-4-12)19-9-7-18-8-10-19;;/h5-6,11-12,16,18H,1-4,7-10H2;2*1H/t16-;;/m1../s1. The van der Waals surface area contributed by atoms with Gasteiger partial charge in [-0.05, 0) is 30.9 Å². The van der Waals surface area contributed by atoms with Gasteiger partial charge in [-0.3, -0.25) is 15.0 Å². The summed E-state index contributed by atoms with van der Waals surface area (Å²) in [5.41, 5.74) is 0.607. The summed E-state index contributed by atoms with van der Waals surface area (Å²) in [5.74, 6) is -0.108. The highest BCUT2D eigenvalue weighted by Crippen LogP contribution is 2.42. The molecule has 1 aliphatic heterocycles. The molecule has 1 aliphatic carbocycles. The van der Waals surface area contributed by atoms with Crippen molar-refractivity contribution in [2.24, 2.45) is 5.92 Å². The van der Waals surface area contributed by atoms with Crippen molar-refractivity contribution < 1.29 is 9.31 Å². The minimum absolute atomic E-state index is 0. The number of nitrogens with one attached hydrogen (secondary N) is 1. The molecule has 0 unspecified atom stereocenters. The smallest absolute Gasteiger partial charge is 0.277 e. The third kappa shape index (κ3) is 4.57. The molecule has 0 aromatic heterocycles. The lowest BCUT2D eigenvalue weighted by Gasteiger charge is -2.38. The SMILES string of the molecule is Cl.Cl.O=[N+]([O-])c1cc(F)ccc1[C@@H](C1CCCC1)N1CCNCC1. The van der Waals surface area contributed by atoms with Gasteiger partial charge in [0.2, 0.25) is 0 Å². The molecule has 1 aromatic carbocycles. The third-order valence-electron chi connectivity index (χ3n) is 4.90. The first-order chi connectivity index (χ1) is 10.7. The summed E-state index contributed by atoms with van der Waals surface area (Å²) in [5, 5.41) is 14.7. The van der Waals surface area contributed by atoms with Gasteiger partial charge < -0.3 is 5.32 Å². The van der Waals surface area contributed by atoms with Gasteiger partial charge in [0.1, 0.15) is 5.82 Å². The number of nitro groups is 1. The highest BCUT2D eigenvalue weighted by molar-refractivity contribution is 5.85. The van der Waals surface area contributed by atoms with Crippen molar-refractivity contribution in [2.75, 3.05) is 26.2 Å². The van der Waals surface area contributed by atoms with Crippen molar-refractivity contribution in [2.45, 2.75) is 31.7 Å². The maximum atomic E-state index is 13.5. The minimum atomic E-state index is -0.541. The van der Waals surface area contributed by atoms with E-state index in [4.69, 9.17) is 0 Å². The monoisotopic (exact) mass is 379 g/mol. The molecule has 136 valence electrons. The number of rotatable bonds is 4. The van der Waals surface area contributed by atoms with Gasteiger partial charge in [-0.2, -0.15) is 0 Å². The Hall–Kier alpha value is -0.950. The molecule has 1 heterocycles. The molecule has 1 saturated heterocycles. The summed E-state index contributed by atoms with van der Waals surface area (Å²) >= 11 is 0. The van der Waals surface area contributed by atoms with Crippen LogP contribution in [0.3, 0.4) is 0 Å². The lowest BCUT2D eigenvalue weighted by Crippen LogP contribution is -2.46. The topological polar surface area (TPSA) is 58.4 Å². The summed E-state index contributed by atoms with van der Waals surface area (Å²) in [6.45, 7) is 3.57.